The van der Waals surface area contributed by atoms with Gasteiger partial charge >= 0.3 is 0 Å². The van der Waals surface area contributed by atoms with Crippen molar-refractivity contribution in [2.24, 2.45) is 5.92 Å². The largest absolute Gasteiger partial charge is 0.340 e. The van der Waals surface area contributed by atoms with E-state index >= 15 is 0 Å². The van der Waals surface area contributed by atoms with Gasteiger partial charge in [-0.2, -0.15) is 0 Å². The fourth-order valence-electron chi connectivity index (χ4n) is 4.48. The van der Waals surface area contributed by atoms with Crippen LogP contribution in [0.15, 0.2) is 0 Å². The molecule has 0 bridgehead atoms. The first-order valence-electron chi connectivity index (χ1n) is 9.15. The van der Waals surface area contributed by atoms with E-state index in [1.807, 2.05) is 0 Å². The number of aromatic nitrogens is 3. The average molecular weight is 317 g/mol. The van der Waals surface area contributed by atoms with Crippen LogP contribution >= 0.6 is 0 Å². The summed E-state index contributed by atoms with van der Waals surface area (Å²) in [6, 6.07) is 0.397. The second-order valence-corrected chi connectivity index (χ2v) is 7.32. The van der Waals surface area contributed by atoms with Crippen molar-refractivity contribution >= 4 is 5.91 Å². The van der Waals surface area contributed by atoms with Gasteiger partial charge < -0.3 is 9.47 Å². The van der Waals surface area contributed by atoms with E-state index in [0.717, 1.165) is 57.1 Å². The van der Waals surface area contributed by atoms with E-state index in [0.29, 0.717) is 11.9 Å². The molecule has 6 nitrogen and oxygen atoms in total. The first kappa shape index (κ1) is 15.1. The second-order valence-electron chi connectivity index (χ2n) is 7.32. The molecular weight excluding hydrogens is 290 g/mol. The zero-order valence-corrected chi connectivity index (χ0v) is 14.1. The number of fused-ring (bicyclic) bond motifs is 1. The summed E-state index contributed by atoms with van der Waals surface area (Å²) in [7, 11) is 2.17. The van der Waals surface area contributed by atoms with Crippen molar-refractivity contribution in [1.82, 2.24) is 24.6 Å². The van der Waals surface area contributed by atoms with Crippen molar-refractivity contribution in [1.29, 1.82) is 0 Å². The summed E-state index contributed by atoms with van der Waals surface area (Å²) in [4.78, 5) is 17.1. The zero-order valence-electron chi connectivity index (χ0n) is 14.1. The molecule has 0 spiro atoms. The number of amides is 1. The molecule has 1 aromatic rings. The third kappa shape index (κ3) is 2.77. The highest BCUT2D eigenvalue weighted by atomic mass is 16.2. The Labute approximate surface area is 137 Å². The van der Waals surface area contributed by atoms with Gasteiger partial charge in [-0.1, -0.05) is 12.8 Å². The molecule has 126 valence electrons. The van der Waals surface area contributed by atoms with Crippen molar-refractivity contribution in [3.8, 4) is 0 Å². The molecule has 6 heteroatoms. The Bertz CT molecular complexity index is 578. The fourth-order valence-corrected chi connectivity index (χ4v) is 4.48. The maximum atomic E-state index is 12.7. The van der Waals surface area contributed by atoms with Gasteiger partial charge in [-0.15, -0.1) is 10.2 Å². The van der Waals surface area contributed by atoms with Crippen LogP contribution in [0.5, 0.6) is 0 Å². The van der Waals surface area contributed by atoms with E-state index in [4.69, 9.17) is 0 Å². The van der Waals surface area contributed by atoms with Gasteiger partial charge in [0.25, 0.3) is 0 Å². The van der Waals surface area contributed by atoms with E-state index in [1.54, 1.807) is 0 Å². The van der Waals surface area contributed by atoms with Crippen molar-refractivity contribution in [3.05, 3.63) is 11.6 Å². The van der Waals surface area contributed by atoms with Crippen LogP contribution in [0.1, 0.15) is 56.2 Å². The minimum absolute atomic E-state index is 0.277. The molecule has 2 fully saturated rings. The fraction of sp³-hybridized carbons (Fsp3) is 0.824. The predicted molar refractivity (Wildman–Crippen MR) is 86.9 cm³/mol. The Kier molecular flexibility index (Phi) is 4.09. The van der Waals surface area contributed by atoms with E-state index in [9.17, 15) is 4.79 Å². The average Bonchev–Trinajstić information content (AvgIpc) is 3.26. The van der Waals surface area contributed by atoms with Crippen LogP contribution in [0.3, 0.4) is 0 Å². The highest BCUT2D eigenvalue weighted by molar-refractivity contribution is 5.79. The van der Waals surface area contributed by atoms with E-state index in [2.05, 4.69) is 31.6 Å². The number of carbonyl (C=O) groups is 1. The van der Waals surface area contributed by atoms with Gasteiger partial charge in [0.1, 0.15) is 11.6 Å². The van der Waals surface area contributed by atoms with Crippen molar-refractivity contribution in [3.63, 3.8) is 0 Å². The molecule has 1 aromatic heterocycles. The predicted octanol–water partition coefficient (Wildman–Crippen LogP) is 1.62. The maximum absolute atomic E-state index is 12.7. The molecule has 3 heterocycles. The molecule has 0 N–H and O–H groups in total. The Morgan fingerprint density at radius 3 is 2.57 bits per heavy atom. The normalized spacial score (nSPS) is 26.5. The summed E-state index contributed by atoms with van der Waals surface area (Å²) in [5.41, 5.74) is 0. The standard InChI is InChI=1S/C17H27N5O/c1-20-9-4-7-14(20)16-19-18-15-8-10-21(11-12-22(15)16)17(23)13-5-2-3-6-13/h13-14H,2-12H2,1H3/t14-/m0/s1. The van der Waals surface area contributed by atoms with Gasteiger partial charge in [0.15, 0.2) is 0 Å². The molecule has 2 aliphatic heterocycles. The highest BCUT2D eigenvalue weighted by Gasteiger charge is 2.32. The third-order valence-corrected chi connectivity index (χ3v) is 5.89. The van der Waals surface area contributed by atoms with Crippen LogP contribution in [0, 0.1) is 5.92 Å². The lowest BCUT2D eigenvalue weighted by Gasteiger charge is -2.24. The van der Waals surface area contributed by atoms with Crippen LogP contribution in [0.2, 0.25) is 0 Å². The number of hydrogen-bond acceptors (Lipinski definition) is 4. The SMILES string of the molecule is CN1CCC[C@H]1c1nnc2n1CCN(C(=O)C1CCCC1)CC2. The Morgan fingerprint density at radius 1 is 1.00 bits per heavy atom. The summed E-state index contributed by atoms with van der Waals surface area (Å²) in [5, 5.41) is 8.92. The van der Waals surface area contributed by atoms with Crippen molar-refractivity contribution < 1.29 is 4.79 Å². The van der Waals surface area contributed by atoms with Crippen molar-refractivity contribution in [2.75, 3.05) is 26.7 Å². The number of carbonyl (C=O) groups excluding carboxylic acids is 1. The smallest absolute Gasteiger partial charge is 0.225 e. The highest BCUT2D eigenvalue weighted by Crippen LogP contribution is 2.31. The first-order chi connectivity index (χ1) is 11.2. The minimum Gasteiger partial charge on any atom is -0.340 e. The van der Waals surface area contributed by atoms with E-state index in [-0.39, 0.29) is 5.92 Å². The summed E-state index contributed by atoms with van der Waals surface area (Å²) in [5.74, 6) is 2.82. The van der Waals surface area contributed by atoms with Gasteiger partial charge in [-0.3, -0.25) is 9.69 Å². The minimum atomic E-state index is 0.277. The Morgan fingerprint density at radius 2 is 1.83 bits per heavy atom. The van der Waals surface area contributed by atoms with Gasteiger partial charge in [0.2, 0.25) is 5.91 Å². The Hall–Kier alpha value is -1.43. The molecule has 0 unspecified atom stereocenters. The van der Waals surface area contributed by atoms with Crippen LogP contribution in [-0.4, -0.2) is 57.2 Å². The monoisotopic (exact) mass is 317 g/mol. The van der Waals surface area contributed by atoms with Crippen LogP contribution in [0.25, 0.3) is 0 Å². The molecule has 1 saturated heterocycles. The third-order valence-electron chi connectivity index (χ3n) is 5.89. The summed E-state index contributed by atoms with van der Waals surface area (Å²) >= 11 is 0. The molecule has 1 aliphatic carbocycles. The molecule has 0 aromatic carbocycles. The lowest BCUT2D eigenvalue weighted by atomic mass is 10.1. The number of nitrogens with zero attached hydrogens (tertiary/aromatic N) is 5. The molecule has 1 amide bonds. The lowest BCUT2D eigenvalue weighted by Crippen LogP contribution is -2.37. The first-order valence-corrected chi connectivity index (χ1v) is 9.15. The van der Waals surface area contributed by atoms with Gasteiger partial charge in [-0.05, 0) is 39.3 Å². The maximum Gasteiger partial charge on any atom is 0.225 e. The van der Waals surface area contributed by atoms with Crippen LogP contribution in [0.4, 0.5) is 0 Å². The number of likely N-dealkylation sites (tertiary alicyclic amines) is 1. The van der Waals surface area contributed by atoms with Crippen LogP contribution < -0.4 is 0 Å². The molecule has 3 aliphatic rings. The molecule has 23 heavy (non-hydrogen) atoms. The van der Waals surface area contributed by atoms with E-state index < -0.39 is 0 Å². The van der Waals surface area contributed by atoms with Crippen LogP contribution in [-0.2, 0) is 17.8 Å². The van der Waals surface area contributed by atoms with Gasteiger partial charge in [0, 0.05) is 32.0 Å². The zero-order chi connectivity index (χ0) is 15.8. The van der Waals surface area contributed by atoms with E-state index in [1.165, 1.54) is 25.7 Å². The molecule has 1 atom stereocenters. The summed E-state index contributed by atoms with van der Waals surface area (Å²) < 4.78 is 2.29. The number of hydrogen-bond donors (Lipinski definition) is 0. The molecular formula is C17H27N5O. The molecule has 0 radical (unpaired) electrons. The quantitative estimate of drug-likeness (QED) is 0.832. The second kappa shape index (κ2) is 6.23. The summed E-state index contributed by atoms with van der Waals surface area (Å²) in [6.45, 7) is 3.59. The number of rotatable bonds is 2. The molecule has 1 saturated carbocycles. The van der Waals surface area contributed by atoms with Gasteiger partial charge in [0.05, 0.1) is 6.04 Å². The lowest BCUT2D eigenvalue weighted by molar-refractivity contribution is -0.135. The summed E-state index contributed by atoms with van der Waals surface area (Å²) in [6.07, 6.45) is 7.83. The molecule has 4 rings (SSSR count). The van der Waals surface area contributed by atoms with Crippen molar-refractivity contribution in [2.45, 2.75) is 57.5 Å². The topological polar surface area (TPSA) is 54.3 Å². The van der Waals surface area contributed by atoms with Gasteiger partial charge in [-0.25, -0.2) is 0 Å². The Balaban J connectivity index is 1.48.